The number of allylic oxidation sites excluding steroid dienone is 7. The molecule has 0 bridgehead atoms. The number of carbonyl (C=O) groups excluding carboxylic acids is 1. The first-order chi connectivity index (χ1) is 20.3. The molecule has 4 nitrogen and oxygen atoms in total. The largest absolute Gasteiger partial charge is 0.392 e. The van der Waals surface area contributed by atoms with Crippen LogP contribution in [0.3, 0.4) is 0 Å². The summed E-state index contributed by atoms with van der Waals surface area (Å²) < 4.78 is 0. The maximum Gasteiger partial charge on any atom is 0.158 e. The summed E-state index contributed by atoms with van der Waals surface area (Å²) in [6, 6.07) is 0. The number of aliphatic hydroxyl groups is 3. The van der Waals surface area contributed by atoms with Crippen LogP contribution in [0.25, 0.3) is 0 Å². The van der Waals surface area contributed by atoms with Gasteiger partial charge in [-0.3, -0.25) is 4.79 Å². The van der Waals surface area contributed by atoms with E-state index in [9.17, 15) is 20.1 Å². The average molecular weight is 609 g/mol. The molecule has 0 aromatic rings. The standard InChI is InChI=1S/C10H18O.C10H14O.2C10H16O/c1-8-4-6-9(7-5-8)10(2,3)11;1-7(2)9-5-4-8(3)10(11)6-9;2*1-7(2)9-5-4-8(3)6-10(9)11/h4,9,11H,5-7H2,1-3H3;4,9H,1,5-6H2,2-3H3;2*4,9-11H,1,5-6H2,2-3H3/t2*9-;2*9-,10+/m1110/s1. The molecule has 0 fully saturated rings. The number of hydrogen-bond acceptors (Lipinski definition) is 4. The zero-order chi connectivity index (χ0) is 33.8. The van der Waals surface area contributed by atoms with E-state index in [0.29, 0.717) is 30.1 Å². The Morgan fingerprint density at radius 1 is 0.705 bits per heavy atom. The van der Waals surface area contributed by atoms with Gasteiger partial charge in [-0.15, -0.1) is 0 Å². The van der Waals surface area contributed by atoms with Crippen LogP contribution in [0.1, 0.15) is 120 Å². The third-order valence-corrected chi connectivity index (χ3v) is 9.61. The lowest BCUT2D eigenvalue weighted by Gasteiger charge is -2.31. The number of Topliss-reactive ketones (excluding diaryl/α,β-unsaturated/α-hetero) is 1. The maximum atomic E-state index is 11.2. The lowest BCUT2D eigenvalue weighted by atomic mass is 9.80. The van der Waals surface area contributed by atoms with Gasteiger partial charge in [-0.05, 0) is 131 Å². The van der Waals surface area contributed by atoms with Crippen LogP contribution in [0.5, 0.6) is 0 Å². The molecule has 0 aliphatic heterocycles. The summed E-state index contributed by atoms with van der Waals surface area (Å²) in [5.74, 6) is 1.72. The molecule has 4 aliphatic rings. The molecule has 4 aliphatic carbocycles. The third kappa shape index (κ3) is 14.2. The molecule has 4 heteroatoms. The minimum atomic E-state index is -0.489. The van der Waals surface area contributed by atoms with Gasteiger partial charge in [0.05, 0.1) is 17.8 Å². The predicted octanol–water partition coefficient (Wildman–Crippen LogP) is 9.55. The Hall–Kier alpha value is -2.27. The van der Waals surface area contributed by atoms with E-state index in [4.69, 9.17) is 0 Å². The summed E-state index contributed by atoms with van der Waals surface area (Å²) >= 11 is 0. The van der Waals surface area contributed by atoms with Crippen LogP contribution < -0.4 is 0 Å². The molecule has 0 heterocycles. The number of rotatable bonds is 4. The van der Waals surface area contributed by atoms with Gasteiger partial charge in [-0.2, -0.15) is 0 Å². The molecular formula is C40H64O4. The summed E-state index contributed by atoms with van der Waals surface area (Å²) in [5, 5.41) is 28.9. The normalized spacial score (nSPS) is 28.5. The van der Waals surface area contributed by atoms with E-state index in [-0.39, 0.29) is 18.0 Å². The molecule has 6 atom stereocenters. The highest BCUT2D eigenvalue weighted by Gasteiger charge is 2.27. The summed E-state index contributed by atoms with van der Waals surface area (Å²) in [7, 11) is 0. The Morgan fingerprint density at radius 2 is 1.16 bits per heavy atom. The Balaban J connectivity index is 0.000000293. The monoisotopic (exact) mass is 608 g/mol. The molecule has 0 radical (unpaired) electrons. The highest BCUT2D eigenvalue weighted by atomic mass is 16.3. The Bertz CT molecular complexity index is 1080. The second-order valence-corrected chi connectivity index (χ2v) is 14.5. The fraction of sp³-hybridized carbons (Fsp3) is 0.625. The molecule has 4 rings (SSSR count). The summed E-state index contributed by atoms with van der Waals surface area (Å²) in [6.45, 7) is 29.6. The number of hydrogen-bond donors (Lipinski definition) is 3. The Kier molecular flexibility index (Phi) is 16.8. The van der Waals surface area contributed by atoms with E-state index in [1.165, 1.54) is 16.7 Å². The van der Waals surface area contributed by atoms with Gasteiger partial charge in [0.25, 0.3) is 0 Å². The first kappa shape index (κ1) is 39.8. The highest BCUT2D eigenvalue weighted by Crippen LogP contribution is 2.32. The lowest BCUT2D eigenvalue weighted by molar-refractivity contribution is -0.116. The van der Waals surface area contributed by atoms with Crippen molar-refractivity contribution in [3.05, 3.63) is 83.1 Å². The van der Waals surface area contributed by atoms with Crippen molar-refractivity contribution in [2.75, 3.05) is 0 Å². The average Bonchev–Trinajstić information content (AvgIpc) is 2.90. The van der Waals surface area contributed by atoms with E-state index >= 15 is 0 Å². The summed E-state index contributed by atoms with van der Waals surface area (Å²) in [5.41, 5.74) is 7.83. The fourth-order valence-corrected chi connectivity index (χ4v) is 6.02. The SMILES string of the molecule is C=C(C)[C@@H]1CC=C(C)C(=O)C1.C=C(C)[C@@H]1CC=C(C)C[C@H]1O.C=C(C)[C@H]1CC=C(C)C[C@@H]1O.CC1=CC[C@@H](C(C)(C)O)CC1. The second-order valence-electron chi connectivity index (χ2n) is 14.5. The van der Waals surface area contributed by atoms with E-state index in [1.807, 2.05) is 47.6 Å². The molecule has 0 spiro atoms. The molecule has 0 saturated heterocycles. The molecule has 3 N–H and O–H groups in total. The number of aliphatic hydroxyl groups excluding tert-OH is 2. The molecule has 0 aromatic heterocycles. The summed E-state index contributed by atoms with van der Waals surface area (Å²) in [6.07, 6.45) is 16.9. The van der Waals surface area contributed by atoms with Crippen molar-refractivity contribution in [2.45, 2.75) is 138 Å². The van der Waals surface area contributed by atoms with Crippen molar-refractivity contribution in [2.24, 2.45) is 23.7 Å². The van der Waals surface area contributed by atoms with E-state index in [1.54, 1.807) is 0 Å². The van der Waals surface area contributed by atoms with Crippen molar-refractivity contribution < 1.29 is 20.1 Å². The zero-order valence-corrected chi connectivity index (χ0v) is 29.5. The minimum Gasteiger partial charge on any atom is -0.392 e. The molecule has 0 unspecified atom stereocenters. The van der Waals surface area contributed by atoms with Crippen molar-refractivity contribution in [1.82, 2.24) is 0 Å². The summed E-state index contributed by atoms with van der Waals surface area (Å²) in [4.78, 5) is 11.2. The van der Waals surface area contributed by atoms with Crippen LogP contribution in [0.2, 0.25) is 0 Å². The van der Waals surface area contributed by atoms with E-state index in [2.05, 4.69) is 58.7 Å². The molecule has 44 heavy (non-hydrogen) atoms. The van der Waals surface area contributed by atoms with Gasteiger partial charge in [-0.25, -0.2) is 0 Å². The van der Waals surface area contributed by atoms with Crippen LogP contribution in [-0.2, 0) is 4.79 Å². The minimum absolute atomic E-state index is 0.197. The van der Waals surface area contributed by atoms with Crippen LogP contribution >= 0.6 is 0 Å². The van der Waals surface area contributed by atoms with E-state index in [0.717, 1.165) is 73.7 Å². The predicted molar refractivity (Wildman–Crippen MR) is 188 cm³/mol. The third-order valence-electron chi connectivity index (χ3n) is 9.61. The van der Waals surface area contributed by atoms with Crippen molar-refractivity contribution >= 4 is 5.78 Å². The first-order valence-corrected chi connectivity index (χ1v) is 16.5. The maximum absolute atomic E-state index is 11.2. The van der Waals surface area contributed by atoms with Gasteiger partial charge in [0, 0.05) is 18.3 Å². The fourth-order valence-electron chi connectivity index (χ4n) is 6.02. The van der Waals surface area contributed by atoms with Crippen molar-refractivity contribution in [1.29, 1.82) is 0 Å². The van der Waals surface area contributed by atoms with Crippen LogP contribution in [0.4, 0.5) is 0 Å². The molecule has 248 valence electrons. The quantitative estimate of drug-likeness (QED) is 0.278. The molecule has 0 saturated carbocycles. The van der Waals surface area contributed by atoms with Gasteiger partial charge in [0.2, 0.25) is 0 Å². The Labute approximate surface area is 270 Å². The molecule has 0 aromatic carbocycles. The van der Waals surface area contributed by atoms with Gasteiger partial charge in [0.15, 0.2) is 5.78 Å². The van der Waals surface area contributed by atoms with Crippen LogP contribution in [0.15, 0.2) is 83.1 Å². The number of ketones is 1. The van der Waals surface area contributed by atoms with Crippen LogP contribution in [-0.4, -0.2) is 38.9 Å². The van der Waals surface area contributed by atoms with Gasteiger partial charge < -0.3 is 15.3 Å². The lowest BCUT2D eigenvalue weighted by Crippen LogP contribution is -2.31. The van der Waals surface area contributed by atoms with E-state index < -0.39 is 5.60 Å². The highest BCUT2D eigenvalue weighted by molar-refractivity contribution is 5.95. The van der Waals surface area contributed by atoms with Crippen molar-refractivity contribution in [3.63, 3.8) is 0 Å². The number of carbonyl (C=O) groups is 1. The smallest absolute Gasteiger partial charge is 0.158 e. The Morgan fingerprint density at radius 3 is 1.48 bits per heavy atom. The van der Waals surface area contributed by atoms with Gasteiger partial charge in [0.1, 0.15) is 0 Å². The van der Waals surface area contributed by atoms with Gasteiger partial charge in [-0.1, -0.05) is 77.5 Å². The first-order valence-electron chi connectivity index (χ1n) is 16.5. The van der Waals surface area contributed by atoms with Crippen LogP contribution in [0, 0.1) is 23.7 Å². The van der Waals surface area contributed by atoms with Crippen molar-refractivity contribution in [3.8, 4) is 0 Å². The topological polar surface area (TPSA) is 77.8 Å². The second kappa shape index (κ2) is 18.6. The van der Waals surface area contributed by atoms with Gasteiger partial charge >= 0.3 is 0 Å². The zero-order valence-electron chi connectivity index (χ0n) is 29.5. The molecule has 0 amide bonds. The molecular weight excluding hydrogens is 544 g/mol.